The van der Waals surface area contributed by atoms with Crippen molar-refractivity contribution in [2.24, 2.45) is 11.8 Å². The molecule has 1 aromatic carbocycles. The predicted molar refractivity (Wildman–Crippen MR) is 62.3 cm³/mol. The van der Waals surface area contributed by atoms with Crippen LogP contribution in [-0.4, -0.2) is 17.0 Å². The van der Waals surface area contributed by atoms with Crippen molar-refractivity contribution in [2.45, 2.75) is 19.9 Å². The summed E-state index contributed by atoms with van der Waals surface area (Å²) in [5.74, 6) is -1.84. The summed E-state index contributed by atoms with van der Waals surface area (Å²) in [4.78, 5) is 22.2. The second-order valence-electron chi connectivity index (χ2n) is 4.49. The van der Waals surface area contributed by atoms with E-state index in [0.29, 0.717) is 13.0 Å². The number of carboxylic acid groups (broad SMARTS) is 1. The fourth-order valence-electron chi connectivity index (χ4n) is 1.90. The Kier molecular flexibility index (Phi) is 3.13. The van der Waals surface area contributed by atoms with E-state index in [1.807, 2.05) is 31.2 Å². The highest BCUT2D eigenvalue weighted by Crippen LogP contribution is 2.38. The van der Waals surface area contributed by atoms with E-state index in [-0.39, 0.29) is 11.8 Å². The summed E-state index contributed by atoms with van der Waals surface area (Å²) in [6.45, 7) is 2.45. The Morgan fingerprint density at radius 1 is 1.41 bits per heavy atom. The molecule has 0 radical (unpaired) electrons. The van der Waals surface area contributed by atoms with E-state index >= 15 is 0 Å². The lowest BCUT2D eigenvalue weighted by Gasteiger charge is -2.05. The molecule has 1 saturated carbocycles. The number of benzene rings is 1. The second kappa shape index (κ2) is 4.57. The van der Waals surface area contributed by atoms with E-state index in [9.17, 15) is 9.59 Å². The highest BCUT2D eigenvalue weighted by molar-refractivity contribution is 5.89. The molecule has 2 rings (SSSR count). The van der Waals surface area contributed by atoms with E-state index in [0.717, 1.165) is 11.1 Å². The molecule has 4 nitrogen and oxygen atoms in total. The van der Waals surface area contributed by atoms with E-state index in [4.69, 9.17) is 5.11 Å². The third-order valence-electron chi connectivity index (χ3n) is 2.99. The van der Waals surface area contributed by atoms with Gasteiger partial charge < -0.3 is 10.4 Å². The van der Waals surface area contributed by atoms with Crippen LogP contribution in [0.15, 0.2) is 24.3 Å². The number of hydrogen-bond acceptors (Lipinski definition) is 2. The summed E-state index contributed by atoms with van der Waals surface area (Å²) in [5, 5.41) is 11.5. The van der Waals surface area contributed by atoms with Crippen molar-refractivity contribution in [3.63, 3.8) is 0 Å². The maximum Gasteiger partial charge on any atom is 0.307 e. The van der Waals surface area contributed by atoms with Crippen molar-refractivity contribution in [3.05, 3.63) is 35.4 Å². The topological polar surface area (TPSA) is 66.4 Å². The van der Waals surface area contributed by atoms with Gasteiger partial charge in [-0.15, -0.1) is 0 Å². The molecule has 0 bridgehead atoms. The number of carboxylic acids is 1. The molecular formula is C13H15NO3. The average Bonchev–Trinajstić information content (AvgIpc) is 3.06. The van der Waals surface area contributed by atoms with Crippen LogP contribution in [0, 0.1) is 18.8 Å². The molecule has 17 heavy (non-hydrogen) atoms. The largest absolute Gasteiger partial charge is 0.481 e. The SMILES string of the molecule is Cc1cccc(CNC(=O)[C@H]2C[C@@H]2C(=O)O)c1. The number of nitrogens with one attached hydrogen (secondary N) is 1. The Hall–Kier alpha value is -1.84. The number of hydrogen-bond donors (Lipinski definition) is 2. The van der Waals surface area contributed by atoms with Crippen LogP contribution in [0.25, 0.3) is 0 Å². The molecule has 1 aromatic rings. The van der Waals surface area contributed by atoms with Gasteiger partial charge in [-0.05, 0) is 18.9 Å². The van der Waals surface area contributed by atoms with Gasteiger partial charge in [-0.25, -0.2) is 0 Å². The highest BCUT2D eigenvalue weighted by Gasteiger charge is 2.48. The lowest BCUT2D eigenvalue weighted by molar-refractivity contribution is -0.140. The summed E-state index contributed by atoms with van der Waals surface area (Å²) >= 11 is 0. The summed E-state index contributed by atoms with van der Waals surface area (Å²) in [7, 11) is 0. The molecule has 1 fully saturated rings. The van der Waals surface area contributed by atoms with Gasteiger partial charge in [-0.2, -0.15) is 0 Å². The van der Waals surface area contributed by atoms with Gasteiger partial charge in [0.1, 0.15) is 0 Å². The predicted octanol–water partition coefficient (Wildman–Crippen LogP) is 1.33. The number of carbonyl (C=O) groups excluding carboxylic acids is 1. The Morgan fingerprint density at radius 2 is 2.18 bits per heavy atom. The van der Waals surface area contributed by atoms with E-state index in [2.05, 4.69) is 5.32 Å². The molecule has 0 aromatic heterocycles. The summed E-state index contributed by atoms with van der Waals surface area (Å²) < 4.78 is 0. The van der Waals surface area contributed by atoms with Crippen LogP contribution >= 0.6 is 0 Å². The molecule has 1 aliphatic carbocycles. The maximum atomic E-state index is 11.6. The van der Waals surface area contributed by atoms with Crippen LogP contribution in [0.3, 0.4) is 0 Å². The normalized spacial score (nSPS) is 21.9. The van der Waals surface area contributed by atoms with Crippen molar-refractivity contribution in [1.82, 2.24) is 5.32 Å². The smallest absolute Gasteiger partial charge is 0.307 e. The zero-order chi connectivity index (χ0) is 12.4. The van der Waals surface area contributed by atoms with E-state index in [1.165, 1.54) is 0 Å². The first kappa shape index (κ1) is 11.6. The molecule has 0 aliphatic heterocycles. The Bertz CT molecular complexity index is 456. The minimum atomic E-state index is -0.874. The highest BCUT2D eigenvalue weighted by atomic mass is 16.4. The van der Waals surface area contributed by atoms with Crippen molar-refractivity contribution >= 4 is 11.9 Å². The fraction of sp³-hybridized carbons (Fsp3) is 0.385. The molecule has 1 amide bonds. The van der Waals surface area contributed by atoms with Gasteiger partial charge in [0.15, 0.2) is 0 Å². The first-order valence-corrected chi connectivity index (χ1v) is 5.64. The number of amides is 1. The van der Waals surface area contributed by atoms with Crippen molar-refractivity contribution in [3.8, 4) is 0 Å². The molecule has 90 valence electrons. The van der Waals surface area contributed by atoms with Crippen LogP contribution in [-0.2, 0) is 16.1 Å². The van der Waals surface area contributed by atoms with Gasteiger partial charge in [0, 0.05) is 6.54 Å². The molecule has 0 saturated heterocycles. The first-order chi connectivity index (χ1) is 8.08. The molecule has 0 heterocycles. The van der Waals surface area contributed by atoms with Crippen LogP contribution < -0.4 is 5.32 Å². The molecule has 2 atom stereocenters. The van der Waals surface area contributed by atoms with Gasteiger partial charge in [0.2, 0.25) is 5.91 Å². The summed E-state index contributed by atoms with van der Waals surface area (Å²) in [6, 6.07) is 7.87. The molecule has 0 unspecified atom stereocenters. The monoisotopic (exact) mass is 233 g/mol. The van der Waals surface area contributed by atoms with Crippen LogP contribution in [0.1, 0.15) is 17.5 Å². The molecule has 1 aliphatic rings. The quantitative estimate of drug-likeness (QED) is 0.824. The fourth-order valence-corrected chi connectivity index (χ4v) is 1.90. The Labute approximate surface area is 99.6 Å². The van der Waals surface area contributed by atoms with Gasteiger partial charge in [0.25, 0.3) is 0 Å². The van der Waals surface area contributed by atoms with Gasteiger partial charge in [0.05, 0.1) is 11.8 Å². The number of aryl methyl sites for hydroxylation is 1. The minimum absolute atomic E-state index is 0.154. The first-order valence-electron chi connectivity index (χ1n) is 5.64. The molecule has 0 spiro atoms. The number of carbonyl (C=O) groups is 2. The van der Waals surface area contributed by atoms with Crippen LogP contribution in [0.4, 0.5) is 0 Å². The lowest BCUT2D eigenvalue weighted by atomic mass is 10.1. The third kappa shape index (κ3) is 2.84. The lowest BCUT2D eigenvalue weighted by Crippen LogP contribution is -2.25. The molecule has 4 heteroatoms. The summed E-state index contributed by atoms with van der Waals surface area (Å²) in [5.41, 5.74) is 2.18. The van der Waals surface area contributed by atoms with E-state index in [1.54, 1.807) is 0 Å². The molecule has 2 N–H and O–H groups in total. The van der Waals surface area contributed by atoms with Gasteiger partial charge in [-0.1, -0.05) is 29.8 Å². The molecular weight excluding hydrogens is 218 g/mol. The number of aliphatic carboxylic acids is 1. The summed E-state index contributed by atoms with van der Waals surface area (Å²) in [6.07, 6.45) is 0.467. The van der Waals surface area contributed by atoms with E-state index < -0.39 is 11.9 Å². The standard InChI is InChI=1S/C13H15NO3/c1-8-3-2-4-9(5-8)7-14-12(15)10-6-11(10)13(16)17/h2-5,10-11H,6-7H2,1H3,(H,14,15)(H,16,17)/t10-,11-/m0/s1. The van der Waals surface area contributed by atoms with Crippen LogP contribution in [0.2, 0.25) is 0 Å². The van der Waals surface area contributed by atoms with Gasteiger partial charge >= 0.3 is 5.97 Å². The van der Waals surface area contributed by atoms with Crippen molar-refractivity contribution in [2.75, 3.05) is 0 Å². The zero-order valence-electron chi connectivity index (χ0n) is 9.64. The van der Waals surface area contributed by atoms with Crippen molar-refractivity contribution in [1.29, 1.82) is 0 Å². The Morgan fingerprint density at radius 3 is 2.76 bits per heavy atom. The van der Waals surface area contributed by atoms with Crippen molar-refractivity contribution < 1.29 is 14.7 Å². The van der Waals surface area contributed by atoms with Crippen LogP contribution in [0.5, 0.6) is 0 Å². The van der Waals surface area contributed by atoms with Gasteiger partial charge in [-0.3, -0.25) is 9.59 Å². The maximum absolute atomic E-state index is 11.6. The average molecular weight is 233 g/mol. The third-order valence-corrected chi connectivity index (χ3v) is 2.99. The minimum Gasteiger partial charge on any atom is -0.481 e. The number of rotatable bonds is 4. The second-order valence-corrected chi connectivity index (χ2v) is 4.49. The zero-order valence-corrected chi connectivity index (χ0v) is 9.64. The Balaban J connectivity index is 1.83.